The zero-order valence-electron chi connectivity index (χ0n) is 10.9. The summed E-state index contributed by atoms with van der Waals surface area (Å²) in [7, 11) is 0. The van der Waals surface area contributed by atoms with Crippen LogP contribution < -0.4 is 4.84 Å². The number of hydrogen-bond donors (Lipinski definition) is 0. The van der Waals surface area contributed by atoms with Crippen LogP contribution in [0.2, 0.25) is 0 Å². The second kappa shape index (κ2) is 6.30. The van der Waals surface area contributed by atoms with Gasteiger partial charge < -0.3 is 4.84 Å². The predicted octanol–water partition coefficient (Wildman–Crippen LogP) is 3.14. The number of Topliss-reactive ketones (excluding diaryl/α,β-unsaturated/α-hetero) is 1. The molecule has 0 atom stereocenters. The first-order valence-corrected chi connectivity index (χ1v) is 6.02. The van der Waals surface area contributed by atoms with Crippen molar-refractivity contribution in [2.45, 2.75) is 6.92 Å². The second-order valence-corrected chi connectivity index (χ2v) is 4.15. The third kappa shape index (κ3) is 3.30. The Labute approximate surface area is 116 Å². The molecule has 0 aliphatic carbocycles. The molecule has 0 amide bonds. The smallest absolute Gasteiger partial charge is 0.227 e. The van der Waals surface area contributed by atoms with Gasteiger partial charge in [0.1, 0.15) is 6.07 Å². The van der Waals surface area contributed by atoms with Gasteiger partial charge in [-0.05, 0) is 19.1 Å². The van der Waals surface area contributed by atoms with E-state index >= 15 is 0 Å². The van der Waals surface area contributed by atoms with Crippen LogP contribution >= 0.6 is 0 Å². The monoisotopic (exact) mass is 264 g/mol. The molecule has 0 radical (unpaired) electrons. The number of nitrogens with zero attached hydrogens (tertiary/aromatic N) is 2. The van der Waals surface area contributed by atoms with Gasteiger partial charge >= 0.3 is 0 Å². The van der Waals surface area contributed by atoms with E-state index in [1.54, 1.807) is 48.5 Å². The van der Waals surface area contributed by atoms with Crippen molar-refractivity contribution in [3.63, 3.8) is 0 Å². The van der Waals surface area contributed by atoms with Crippen molar-refractivity contribution >= 4 is 11.5 Å². The molecule has 0 saturated heterocycles. The van der Waals surface area contributed by atoms with Gasteiger partial charge in [-0.2, -0.15) is 5.26 Å². The Balaban J connectivity index is 2.16. The molecule has 20 heavy (non-hydrogen) atoms. The molecule has 0 N–H and O–H groups in total. The van der Waals surface area contributed by atoms with Crippen LogP contribution in [0.3, 0.4) is 0 Å². The quantitative estimate of drug-likeness (QED) is 0.484. The lowest BCUT2D eigenvalue weighted by Gasteiger charge is -2.00. The van der Waals surface area contributed by atoms with Crippen LogP contribution in [-0.4, -0.2) is 11.5 Å². The fourth-order valence-corrected chi connectivity index (χ4v) is 1.54. The van der Waals surface area contributed by atoms with Gasteiger partial charge in [-0.15, -0.1) is 0 Å². The molecular weight excluding hydrogens is 252 g/mol. The molecule has 0 fully saturated rings. The lowest BCUT2D eigenvalue weighted by atomic mass is 10.1. The average Bonchev–Trinajstić information content (AvgIpc) is 2.50. The van der Waals surface area contributed by atoms with E-state index in [1.165, 1.54) is 0 Å². The van der Waals surface area contributed by atoms with E-state index in [0.29, 0.717) is 11.3 Å². The Morgan fingerprint density at radius 3 is 2.35 bits per heavy atom. The summed E-state index contributed by atoms with van der Waals surface area (Å²) < 4.78 is 0. The number of rotatable bonds is 4. The van der Waals surface area contributed by atoms with E-state index in [9.17, 15) is 4.79 Å². The van der Waals surface area contributed by atoms with E-state index in [4.69, 9.17) is 10.1 Å². The number of ketones is 1. The molecule has 2 rings (SSSR count). The van der Waals surface area contributed by atoms with Crippen LogP contribution in [-0.2, 0) is 0 Å². The molecule has 4 nitrogen and oxygen atoms in total. The molecule has 98 valence electrons. The predicted molar refractivity (Wildman–Crippen MR) is 75.6 cm³/mol. The summed E-state index contributed by atoms with van der Waals surface area (Å²) in [4.78, 5) is 17.1. The van der Waals surface area contributed by atoms with Crippen LogP contribution in [0, 0.1) is 18.3 Å². The van der Waals surface area contributed by atoms with Gasteiger partial charge in [0, 0.05) is 5.56 Å². The minimum atomic E-state index is -0.458. The zero-order chi connectivity index (χ0) is 14.4. The van der Waals surface area contributed by atoms with E-state index in [1.807, 2.05) is 19.1 Å². The van der Waals surface area contributed by atoms with Crippen molar-refractivity contribution in [2.24, 2.45) is 5.16 Å². The third-order valence-electron chi connectivity index (χ3n) is 2.62. The van der Waals surface area contributed by atoms with Gasteiger partial charge in [0.25, 0.3) is 0 Å². The van der Waals surface area contributed by atoms with Gasteiger partial charge in [-0.3, -0.25) is 4.79 Å². The molecule has 0 heterocycles. The summed E-state index contributed by atoms with van der Waals surface area (Å²) in [6.45, 7) is 1.95. The maximum atomic E-state index is 12.0. The lowest BCUT2D eigenvalue weighted by Crippen LogP contribution is -2.13. The van der Waals surface area contributed by atoms with Crippen molar-refractivity contribution in [3.05, 3.63) is 65.7 Å². The number of carbonyl (C=O) groups excluding carboxylic acids is 1. The number of carbonyl (C=O) groups is 1. The number of hydrogen-bond acceptors (Lipinski definition) is 4. The molecule has 2 aromatic rings. The summed E-state index contributed by atoms with van der Waals surface area (Å²) in [6, 6.07) is 17.4. The van der Waals surface area contributed by atoms with E-state index < -0.39 is 5.78 Å². The fraction of sp³-hybridized carbons (Fsp3) is 0.0625. The van der Waals surface area contributed by atoms with Gasteiger partial charge in [-0.25, -0.2) is 0 Å². The molecule has 0 aliphatic heterocycles. The first-order valence-electron chi connectivity index (χ1n) is 6.02. The SMILES string of the molecule is Cc1ccc(O/N=C(\C#N)C(=O)c2ccccc2)cc1. The summed E-state index contributed by atoms with van der Waals surface area (Å²) in [5, 5.41) is 12.6. The standard InChI is InChI=1S/C16H12N2O2/c1-12-7-9-14(10-8-12)20-18-15(11-17)16(19)13-5-3-2-4-6-13/h2-10H,1H3/b18-15+. The van der Waals surface area contributed by atoms with Crippen LogP contribution in [0.1, 0.15) is 15.9 Å². The Hall–Kier alpha value is -2.93. The van der Waals surface area contributed by atoms with Crippen LogP contribution in [0.4, 0.5) is 0 Å². The Morgan fingerprint density at radius 2 is 1.75 bits per heavy atom. The molecule has 4 heteroatoms. The minimum Gasteiger partial charge on any atom is -0.356 e. The lowest BCUT2D eigenvalue weighted by molar-refractivity contribution is 0.106. The van der Waals surface area contributed by atoms with Crippen molar-refractivity contribution < 1.29 is 9.63 Å². The van der Waals surface area contributed by atoms with Gasteiger partial charge in [0.2, 0.25) is 11.5 Å². The highest BCUT2D eigenvalue weighted by Crippen LogP contribution is 2.12. The molecule has 0 aliphatic rings. The van der Waals surface area contributed by atoms with Gasteiger partial charge in [0.15, 0.2) is 5.75 Å². The van der Waals surface area contributed by atoms with Crippen molar-refractivity contribution in [1.29, 1.82) is 5.26 Å². The first kappa shape index (κ1) is 13.5. The van der Waals surface area contributed by atoms with Crippen LogP contribution in [0.15, 0.2) is 59.8 Å². The van der Waals surface area contributed by atoms with Crippen molar-refractivity contribution in [2.75, 3.05) is 0 Å². The largest absolute Gasteiger partial charge is 0.356 e. The molecule has 0 spiro atoms. The highest BCUT2D eigenvalue weighted by Gasteiger charge is 2.14. The Morgan fingerprint density at radius 1 is 1.10 bits per heavy atom. The Bertz CT molecular complexity index is 668. The average molecular weight is 264 g/mol. The highest BCUT2D eigenvalue weighted by molar-refractivity contribution is 6.51. The number of nitriles is 1. The normalized spacial score (nSPS) is 10.7. The van der Waals surface area contributed by atoms with E-state index in [2.05, 4.69) is 5.16 Å². The maximum absolute atomic E-state index is 12.0. The van der Waals surface area contributed by atoms with Crippen molar-refractivity contribution in [1.82, 2.24) is 0 Å². The highest BCUT2D eigenvalue weighted by atomic mass is 16.6. The molecule has 0 aromatic heterocycles. The van der Waals surface area contributed by atoms with E-state index in [0.717, 1.165) is 5.56 Å². The number of aryl methyl sites for hydroxylation is 1. The van der Waals surface area contributed by atoms with E-state index in [-0.39, 0.29) is 5.71 Å². The van der Waals surface area contributed by atoms with Crippen molar-refractivity contribution in [3.8, 4) is 11.8 Å². The third-order valence-corrected chi connectivity index (χ3v) is 2.62. The zero-order valence-corrected chi connectivity index (χ0v) is 10.9. The molecule has 0 bridgehead atoms. The second-order valence-electron chi connectivity index (χ2n) is 4.15. The van der Waals surface area contributed by atoms with Gasteiger partial charge in [0.05, 0.1) is 0 Å². The minimum absolute atomic E-state index is 0.281. The van der Waals surface area contributed by atoms with Crippen LogP contribution in [0.5, 0.6) is 5.75 Å². The maximum Gasteiger partial charge on any atom is 0.227 e. The molecule has 2 aromatic carbocycles. The summed E-state index contributed by atoms with van der Waals surface area (Å²) in [5.41, 5.74) is 1.21. The summed E-state index contributed by atoms with van der Waals surface area (Å²) >= 11 is 0. The van der Waals surface area contributed by atoms with Crippen LogP contribution in [0.25, 0.3) is 0 Å². The Kier molecular flexibility index (Phi) is 4.25. The topological polar surface area (TPSA) is 62.4 Å². The number of benzene rings is 2. The van der Waals surface area contributed by atoms with Gasteiger partial charge in [-0.1, -0.05) is 53.2 Å². The fourth-order valence-electron chi connectivity index (χ4n) is 1.54. The molecular formula is C16H12N2O2. The summed E-state index contributed by atoms with van der Waals surface area (Å²) in [5.74, 6) is 0.0180. The first-order chi connectivity index (χ1) is 9.70. The molecule has 0 unspecified atom stereocenters. The summed E-state index contributed by atoms with van der Waals surface area (Å²) in [6.07, 6.45) is 0. The number of oxime groups is 1. The molecule has 0 saturated carbocycles.